The number of Topliss-reactive ketones (excluding diaryl/α,β-unsaturated/α-hetero) is 1. The number of unbranched alkanes of at least 4 members (excludes halogenated alkanes) is 1. The Hall–Kier alpha value is -2.29. The fraction of sp³-hybridized carbons (Fsp3) is 0.816. The maximum absolute atomic E-state index is 14.7. The fourth-order valence-corrected chi connectivity index (χ4v) is 8.86. The molecule has 8 unspecified atom stereocenters. The Labute approximate surface area is 348 Å². The second kappa shape index (κ2) is 20.3. The van der Waals surface area contributed by atoms with Gasteiger partial charge in [-0.25, -0.2) is 0 Å². The molecule has 8 heteroatoms. The van der Waals surface area contributed by atoms with E-state index in [1.165, 1.54) is 5.56 Å². The van der Waals surface area contributed by atoms with Crippen molar-refractivity contribution in [1.29, 1.82) is 0 Å². The first kappa shape index (κ1) is 50.9. The highest BCUT2D eigenvalue weighted by atomic mass is 16.7. The van der Waals surface area contributed by atoms with Crippen LogP contribution in [0.15, 0.2) is 30.3 Å². The molecule has 2 rings (SSSR count). The number of nitrogens with zero attached hydrogens (tertiary/aromatic N) is 1. The highest BCUT2D eigenvalue weighted by Crippen LogP contribution is 2.55. The lowest BCUT2D eigenvalue weighted by molar-refractivity contribution is -0.348. The Balaban J connectivity index is 2.69. The third kappa shape index (κ3) is 12.2. The van der Waals surface area contributed by atoms with Gasteiger partial charge in [0.25, 0.3) is 0 Å². The Kier molecular flexibility index (Phi) is 18.1. The van der Waals surface area contributed by atoms with Gasteiger partial charge >= 0.3 is 11.9 Å². The van der Waals surface area contributed by atoms with Crippen LogP contribution in [0.3, 0.4) is 0 Å². The number of hydrogen-bond donors (Lipinski definition) is 1. The van der Waals surface area contributed by atoms with Gasteiger partial charge in [-0.05, 0) is 100 Å². The molecule has 1 aliphatic rings. The van der Waals surface area contributed by atoms with Gasteiger partial charge in [-0.3, -0.25) is 19.2 Å². The molecule has 0 spiro atoms. The van der Waals surface area contributed by atoms with Gasteiger partial charge in [0.1, 0.15) is 12.4 Å². The summed E-state index contributed by atoms with van der Waals surface area (Å²) in [6.07, 6.45) is 6.00. The third-order valence-electron chi connectivity index (χ3n) is 15.1. The first-order valence-electron chi connectivity index (χ1n) is 22.3. The molecule has 1 N–H and O–H groups in total. The topological polar surface area (TPSA) is 102 Å². The van der Waals surface area contributed by atoms with E-state index >= 15 is 0 Å². The molecular formula is C49H85NO7. The molecule has 1 saturated heterocycles. The lowest BCUT2D eigenvalue weighted by Crippen LogP contribution is -2.68. The summed E-state index contributed by atoms with van der Waals surface area (Å²) < 4.78 is 12.2. The van der Waals surface area contributed by atoms with Crippen molar-refractivity contribution in [3.63, 3.8) is 0 Å². The van der Waals surface area contributed by atoms with Crippen LogP contribution < -0.4 is 0 Å². The van der Waals surface area contributed by atoms with Crippen molar-refractivity contribution in [2.75, 3.05) is 13.2 Å². The minimum atomic E-state index is -1.10. The number of esters is 2. The Morgan fingerprint density at radius 3 is 1.93 bits per heavy atom. The SMILES string of the molecule is CCCCC(CC)COC(=O)C(CC(C)(C)C(C)c1ccccc1)C(C)(C)C(C)(C)CC(C(=O)OCC(C)O)C(C)(C)ON1C(C)(CC)CC(=O)C(C)C1(C)CC. The molecular weight excluding hydrogens is 715 g/mol. The average molecular weight is 800 g/mol. The van der Waals surface area contributed by atoms with Crippen LogP contribution in [0.25, 0.3) is 0 Å². The Bertz CT molecular complexity index is 1430. The van der Waals surface area contributed by atoms with E-state index in [4.69, 9.17) is 14.3 Å². The molecule has 328 valence electrons. The summed E-state index contributed by atoms with van der Waals surface area (Å²) in [6.45, 7) is 35.7. The summed E-state index contributed by atoms with van der Waals surface area (Å²) in [6, 6.07) is 10.5. The molecule has 57 heavy (non-hydrogen) atoms. The number of benzene rings is 1. The van der Waals surface area contributed by atoms with E-state index in [9.17, 15) is 19.5 Å². The standard InChI is InChI=1S/C49H85NO7/c1-18-22-26-37(19-2)33-56-42(53)39(29-44(8,9)35(6)38-27-24-23-25-28-38)46(12,13)45(10,11)30-40(43(54)55-32-34(5)51)47(14,15)57-50-48(16,20-3)31-41(52)36(7)49(50,17)21-4/h23-25,27-28,34-37,39-40,51H,18-22,26,29-33H2,1-17H3. The predicted molar refractivity (Wildman–Crippen MR) is 233 cm³/mol. The number of piperidine rings is 1. The van der Waals surface area contributed by atoms with E-state index in [-0.39, 0.29) is 35.6 Å². The van der Waals surface area contributed by atoms with E-state index in [0.29, 0.717) is 44.6 Å². The zero-order chi connectivity index (χ0) is 43.8. The molecule has 1 aromatic carbocycles. The number of aliphatic hydroxyl groups excluding tert-OH is 1. The van der Waals surface area contributed by atoms with Crippen LogP contribution in [0.4, 0.5) is 0 Å². The predicted octanol–water partition coefficient (Wildman–Crippen LogP) is 11.5. The Morgan fingerprint density at radius 2 is 1.42 bits per heavy atom. The van der Waals surface area contributed by atoms with Crippen molar-refractivity contribution >= 4 is 17.7 Å². The van der Waals surface area contributed by atoms with Crippen LogP contribution in [0.5, 0.6) is 0 Å². The van der Waals surface area contributed by atoms with Crippen molar-refractivity contribution in [3.8, 4) is 0 Å². The number of hydroxylamine groups is 2. The van der Waals surface area contributed by atoms with Crippen molar-refractivity contribution in [2.45, 2.75) is 204 Å². The molecule has 0 aliphatic carbocycles. The van der Waals surface area contributed by atoms with Gasteiger partial charge in [-0.2, -0.15) is 5.06 Å². The highest BCUT2D eigenvalue weighted by Gasteiger charge is 2.58. The van der Waals surface area contributed by atoms with Crippen molar-refractivity contribution in [2.24, 2.45) is 39.9 Å². The molecule has 1 aromatic rings. The lowest BCUT2D eigenvalue weighted by Gasteiger charge is -2.58. The van der Waals surface area contributed by atoms with Gasteiger partial charge in [0.2, 0.25) is 0 Å². The van der Waals surface area contributed by atoms with Crippen LogP contribution >= 0.6 is 0 Å². The van der Waals surface area contributed by atoms with E-state index in [1.807, 2.05) is 31.9 Å². The van der Waals surface area contributed by atoms with Crippen molar-refractivity contribution < 1.29 is 33.8 Å². The van der Waals surface area contributed by atoms with Crippen molar-refractivity contribution in [1.82, 2.24) is 5.06 Å². The maximum atomic E-state index is 14.7. The molecule has 0 bridgehead atoms. The molecule has 8 atom stereocenters. The van der Waals surface area contributed by atoms with Crippen LogP contribution in [-0.2, 0) is 28.7 Å². The number of carbonyl (C=O) groups is 3. The minimum Gasteiger partial charge on any atom is -0.465 e. The normalized spacial score (nSPS) is 24.0. The number of rotatable bonds is 23. The fourth-order valence-electron chi connectivity index (χ4n) is 8.86. The summed E-state index contributed by atoms with van der Waals surface area (Å²) in [7, 11) is 0. The van der Waals surface area contributed by atoms with E-state index in [1.54, 1.807) is 6.92 Å². The summed E-state index contributed by atoms with van der Waals surface area (Å²) in [5.74, 6) is -1.50. The van der Waals surface area contributed by atoms with Crippen molar-refractivity contribution in [3.05, 3.63) is 35.9 Å². The first-order chi connectivity index (χ1) is 26.2. The van der Waals surface area contributed by atoms with Crippen LogP contribution in [0, 0.1) is 39.9 Å². The monoisotopic (exact) mass is 800 g/mol. The molecule has 1 fully saturated rings. The average Bonchev–Trinajstić information content (AvgIpc) is 3.15. The van der Waals surface area contributed by atoms with Gasteiger partial charge in [-0.15, -0.1) is 0 Å². The largest absolute Gasteiger partial charge is 0.465 e. The lowest BCUT2D eigenvalue weighted by atomic mass is 9.54. The van der Waals surface area contributed by atoms with Crippen LogP contribution in [0.1, 0.15) is 187 Å². The van der Waals surface area contributed by atoms with Gasteiger partial charge in [0.15, 0.2) is 0 Å². The summed E-state index contributed by atoms with van der Waals surface area (Å²) >= 11 is 0. The van der Waals surface area contributed by atoms with E-state index < -0.39 is 51.4 Å². The number of ketones is 1. The number of ether oxygens (including phenoxy) is 2. The Morgan fingerprint density at radius 1 is 0.860 bits per heavy atom. The second-order valence-electron chi connectivity index (χ2n) is 20.7. The van der Waals surface area contributed by atoms with Crippen LogP contribution in [0.2, 0.25) is 0 Å². The van der Waals surface area contributed by atoms with Gasteiger partial charge < -0.3 is 14.6 Å². The molecule has 0 radical (unpaired) electrons. The van der Waals surface area contributed by atoms with Gasteiger partial charge in [0.05, 0.1) is 41.2 Å². The molecule has 1 aliphatic heterocycles. The van der Waals surface area contributed by atoms with E-state index in [2.05, 4.69) is 114 Å². The third-order valence-corrected chi connectivity index (χ3v) is 15.1. The number of aliphatic hydroxyl groups is 1. The molecule has 0 saturated carbocycles. The quantitative estimate of drug-likeness (QED) is 0.109. The number of carbonyl (C=O) groups excluding carboxylic acids is 3. The minimum absolute atomic E-state index is 0.138. The summed E-state index contributed by atoms with van der Waals surface area (Å²) in [5.41, 5.74) is -2.63. The zero-order valence-electron chi connectivity index (χ0n) is 39.5. The molecule has 0 aromatic heterocycles. The van der Waals surface area contributed by atoms with Gasteiger partial charge in [-0.1, -0.05) is 133 Å². The van der Waals surface area contributed by atoms with Crippen LogP contribution in [-0.4, -0.2) is 63.9 Å². The first-order valence-corrected chi connectivity index (χ1v) is 22.3. The molecule has 0 amide bonds. The van der Waals surface area contributed by atoms with Gasteiger partial charge in [0, 0.05) is 12.3 Å². The highest BCUT2D eigenvalue weighted by molar-refractivity contribution is 5.84. The molecule has 1 heterocycles. The molecule has 8 nitrogen and oxygen atoms in total. The second-order valence-corrected chi connectivity index (χ2v) is 20.7. The summed E-state index contributed by atoms with van der Waals surface area (Å²) in [5, 5.41) is 12.2. The maximum Gasteiger partial charge on any atom is 0.312 e. The smallest absolute Gasteiger partial charge is 0.312 e. The number of hydrogen-bond acceptors (Lipinski definition) is 8. The van der Waals surface area contributed by atoms with E-state index in [0.717, 1.165) is 25.7 Å². The zero-order valence-corrected chi connectivity index (χ0v) is 39.5. The summed E-state index contributed by atoms with van der Waals surface area (Å²) in [4.78, 5) is 49.7.